The van der Waals surface area contributed by atoms with Crippen LogP contribution in [0.2, 0.25) is 0 Å². The summed E-state index contributed by atoms with van der Waals surface area (Å²) in [5, 5.41) is 11.4. The molecule has 3 N–H and O–H groups in total. The highest BCUT2D eigenvalue weighted by atomic mass is 16.3. The van der Waals surface area contributed by atoms with E-state index >= 15 is 0 Å². The van der Waals surface area contributed by atoms with Crippen LogP contribution in [0.5, 0.6) is 5.75 Å². The van der Waals surface area contributed by atoms with Gasteiger partial charge in [0.05, 0.1) is 11.2 Å². The first-order valence-electron chi connectivity index (χ1n) is 5.94. The molecule has 0 aliphatic carbocycles. The summed E-state index contributed by atoms with van der Waals surface area (Å²) in [6.07, 6.45) is 0. The Morgan fingerprint density at radius 3 is 2.67 bits per heavy atom. The SMILES string of the molecule is CC(C)C(=O)c1cc2c([nH]1)[nH]c1cc(O)ccc12. The van der Waals surface area contributed by atoms with Crippen LogP contribution >= 0.6 is 0 Å². The topological polar surface area (TPSA) is 68.9 Å². The van der Waals surface area contributed by atoms with Gasteiger partial charge in [0.1, 0.15) is 11.4 Å². The van der Waals surface area contributed by atoms with Gasteiger partial charge in [-0.05, 0) is 18.2 Å². The molecule has 3 rings (SSSR count). The van der Waals surface area contributed by atoms with E-state index in [1.807, 2.05) is 26.0 Å². The molecule has 0 aliphatic heterocycles. The Hall–Kier alpha value is -2.23. The van der Waals surface area contributed by atoms with E-state index in [-0.39, 0.29) is 17.5 Å². The molecule has 0 radical (unpaired) electrons. The summed E-state index contributed by atoms with van der Waals surface area (Å²) in [4.78, 5) is 18.2. The third kappa shape index (κ3) is 1.49. The van der Waals surface area contributed by atoms with Gasteiger partial charge in [-0.2, -0.15) is 0 Å². The maximum Gasteiger partial charge on any atom is 0.181 e. The second-order valence-corrected chi connectivity index (χ2v) is 4.85. The number of hydrogen-bond acceptors (Lipinski definition) is 2. The van der Waals surface area contributed by atoms with E-state index in [4.69, 9.17) is 0 Å². The number of ketones is 1. The highest BCUT2D eigenvalue weighted by molar-refractivity contribution is 6.10. The smallest absolute Gasteiger partial charge is 0.181 e. The molecule has 0 bridgehead atoms. The van der Waals surface area contributed by atoms with E-state index in [0.29, 0.717) is 5.69 Å². The van der Waals surface area contributed by atoms with Gasteiger partial charge in [0.2, 0.25) is 0 Å². The second-order valence-electron chi connectivity index (χ2n) is 4.85. The summed E-state index contributed by atoms with van der Waals surface area (Å²) >= 11 is 0. The zero-order chi connectivity index (χ0) is 12.9. The standard InChI is InChI=1S/C14H14N2O2/c1-7(2)13(18)12-6-10-9-4-3-8(17)5-11(9)15-14(10)16-12/h3-7,15-17H,1-2H3. The summed E-state index contributed by atoms with van der Waals surface area (Å²) in [6.45, 7) is 3.77. The Bertz CT molecular complexity index is 750. The summed E-state index contributed by atoms with van der Waals surface area (Å²) in [7, 11) is 0. The van der Waals surface area contributed by atoms with Gasteiger partial charge in [-0.15, -0.1) is 0 Å². The van der Waals surface area contributed by atoms with Gasteiger partial charge in [0, 0.05) is 22.8 Å². The molecule has 0 saturated carbocycles. The summed E-state index contributed by atoms with van der Waals surface area (Å²) < 4.78 is 0. The van der Waals surface area contributed by atoms with E-state index in [0.717, 1.165) is 21.9 Å². The number of Topliss-reactive ketones (excluding diaryl/α,β-unsaturated/α-hetero) is 1. The van der Waals surface area contributed by atoms with Crippen molar-refractivity contribution in [2.45, 2.75) is 13.8 Å². The number of aromatic nitrogens is 2. The number of carbonyl (C=O) groups excluding carboxylic acids is 1. The lowest BCUT2D eigenvalue weighted by Gasteiger charge is -1.99. The van der Waals surface area contributed by atoms with E-state index in [1.165, 1.54) is 0 Å². The Morgan fingerprint density at radius 2 is 1.94 bits per heavy atom. The van der Waals surface area contributed by atoms with Crippen molar-refractivity contribution < 1.29 is 9.90 Å². The predicted octanol–water partition coefficient (Wildman–Crippen LogP) is 3.19. The van der Waals surface area contributed by atoms with Gasteiger partial charge in [0.25, 0.3) is 0 Å². The number of phenolic OH excluding ortho intramolecular Hbond substituents is 1. The lowest BCUT2D eigenvalue weighted by Crippen LogP contribution is -2.07. The van der Waals surface area contributed by atoms with Gasteiger partial charge in [-0.3, -0.25) is 4.79 Å². The van der Waals surface area contributed by atoms with Crippen molar-refractivity contribution >= 4 is 27.7 Å². The van der Waals surface area contributed by atoms with Gasteiger partial charge in [-0.1, -0.05) is 13.8 Å². The molecule has 2 heterocycles. The average molecular weight is 242 g/mol. The molecule has 0 fully saturated rings. The molecule has 1 aromatic carbocycles. The van der Waals surface area contributed by atoms with Gasteiger partial charge < -0.3 is 15.1 Å². The maximum absolute atomic E-state index is 11.9. The van der Waals surface area contributed by atoms with E-state index in [9.17, 15) is 9.90 Å². The molecule has 3 aromatic rings. The highest BCUT2D eigenvalue weighted by Gasteiger charge is 2.15. The average Bonchev–Trinajstić information content (AvgIpc) is 2.84. The molecule has 0 saturated heterocycles. The summed E-state index contributed by atoms with van der Waals surface area (Å²) in [5.74, 6) is 0.305. The Kier molecular flexibility index (Phi) is 2.20. The van der Waals surface area contributed by atoms with Crippen molar-refractivity contribution in [3.63, 3.8) is 0 Å². The van der Waals surface area contributed by atoms with Crippen LogP contribution in [0, 0.1) is 5.92 Å². The van der Waals surface area contributed by atoms with Gasteiger partial charge in [0.15, 0.2) is 5.78 Å². The number of H-pyrrole nitrogens is 2. The summed E-state index contributed by atoms with van der Waals surface area (Å²) in [6, 6.07) is 7.04. The number of nitrogens with one attached hydrogen (secondary N) is 2. The zero-order valence-corrected chi connectivity index (χ0v) is 10.2. The van der Waals surface area contributed by atoms with Crippen LogP contribution in [-0.2, 0) is 0 Å². The molecule has 92 valence electrons. The largest absolute Gasteiger partial charge is 0.508 e. The van der Waals surface area contributed by atoms with E-state index in [1.54, 1.807) is 12.1 Å². The molecule has 0 spiro atoms. The molecule has 0 unspecified atom stereocenters. The third-order valence-corrected chi connectivity index (χ3v) is 3.16. The van der Waals surface area contributed by atoms with Gasteiger partial charge in [-0.25, -0.2) is 0 Å². The zero-order valence-electron chi connectivity index (χ0n) is 10.2. The maximum atomic E-state index is 11.9. The number of carbonyl (C=O) groups is 1. The fourth-order valence-electron chi connectivity index (χ4n) is 2.21. The molecule has 4 nitrogen and oxygen atoms in total. The quantitative estimate of drug-likeness (QED) is 0.604. The van der Waals surface area contributed by atoms with Crippen LogP contribution in [0.4, 0.5) is 0 Å². The fourth-order valence-corrected chi connectivity index (χ4v) is 2.21. The number of phenols is 1. The number of aromatic hydroxyl groups is 1. The Balaban J connectivity index is 2.22. The van der Waals surface area contributed by atoms with Crippen LogP contribution in [0.15, 0.2) is 24.3 Å². The van der Waals surface area contributed by atoms with Crippen molar-refractivity contribution in [2.24, 2.45) is 5.92 Å². The lowest BCUT2D eigenvalue weighted by atomic mass is 10.1. The summed E-state index contributed by atoms with van der Waals surface area (Å²) in [5.41, 5.74) is 2.31. The normalized spacial score (nSPS) is 11.7. The van der Waals surface area contributed by atoms with Crippen molar-refractivity contribution in [2.75, 3.05) is 0 Å². The fraction of sp³-hybridized carbons (Fsp3) is 0.214. The predicted molar refractivity (Wildman–Crippen MR) is 71.0 cm³/mol. The van der Waals surface area contributed by atoms with Crippen LogP contribution in [0.3, 0.4) is 0 Å². The third-order valence-electron chi connectivity index (χ3n) is 3.16. The van der Waals surface area contributed by atoms with Crippen LogP contribution < -0.4 is 0 Å². The van der Waals surface area contributed by atoms with Crippen LogP contribution in [-0.4, -0.2) is 20.9 Å². The minimum absolute atomic E-state index is 0.0249. The number of aromatic amines is 2. The van der Waals surface area contributed by atoms with Crippen LogP contribution in [0.25, 0.3) is 21.9 Å². The molecular weight excluding hydrogens is 228 g/mol. The number of rotatable bonds is 2. The van der Waals surface area contributed by atoms with Gasteiger partial charge >= 0.3 is 0 Å². The molecule has 0 aliphatic rings. The van der Waals surface area contributed by atoms with Crippen molar-refractivity contribution in [3.05, 3.63) is 30.0 Å². The number of hydrogen-bond donors (Lipinski definition) is 3. The Morgan fingerprint density at radius 1 is 1.17 bits per heavy atom. The first-order valence-corrected chi connectivity index (χ1v) is 5.94. The Labute approximate surface area is 104 Å². The minimum Gasteiger partial charge on any atom is -0.508 e. The first kappa shape index (κ1) is 10.9. The first-order chi connectivity index (χ1) is 8.56. The highest BCUT2D eigenvalue weighted by Crippen LogP contribution is 2.28. The molecule has 2 aromatic heterocycles. The molecule has 0 amide bonds. The van der Waals surface area contributed by atoms with Crippen molar-refractivity contribution in [1.82, 2.24) is 9.97 Å². The molecular formula is C14H14N2O2. The monoisotopic (exact) mass is 242 g/mol. The lowest BCUT2D eigenvalue weighted by molar-refractivity contribution is 0.0935. The second kappa shape index (κ2) is 3.63. The van der Waals surface area contributed by atoms with Crippen molar-refractivity contribution in [1.29, 1.82) is 0 Å². The van der Waals surface area contributed by atoms with E-state index in [2.05, 4.69) is 9.97 Å². The van der Waals surface area contributed by atoms with E-state index < -0.39 is 0 Å². The van der Waals surface area contributed by atoms with Crippen LogP contribution in [0.1, 0.15) is 24.3 Å². The minimum atomic E-state index is -0.0249. The molecule has 4 heteroatoms. The molecule has 0 atom stereocenters. The van der Waals surface area contributed by atoms with Crippen molar-refractivity contribution in [3.8, 4) is 5.75 Å². The number of benzene rings is 1. The number of fused-ring (bicyclic) bond motifs is 3. The molecule has 18 heavy (non-hydrogen) atoms.